The maximum Gasteiger partial charge on any atom is 0.220 e. The Hall–Kier alpha value is -3.05. The van der Waals surface area contributed by atoms with Gasteiger partial charge < -0.3 is 165 Å². The van der Waals surface area contributed by atoms with Crippen molar-refractivity contribution in [2.75, 3.05) is 46.2 Å². The van der Waals surface area contributed by atoms with E-state index in [4.69, 9.17) is 56.8 Å². The third-order valence-electron chi connectivity index (χ3n) is 21.7. The summed E-state index contributed by atoms with van der Waals surface area (Å²) in [5.74, 6) is -2.06. The van der Waals surface area contributed by atoms with Crippen molar-refractivity contribution < 1.29 is 163 Å². The first-order valence-electron chi connectivity index (χ1n) is 41.0. The van der Waals surface area contributed by atoms with Crippen LogP contribution in [0.15, 0.2) is 12.2 Å². The molecule has 6 heterocycles. The van der Waals surface area contributed by atoms with E-state index in [1.165, 1.54) is 109 Å². The Bertz CT molecular complexity index is 2600. The number of amides is 3. The summed E-state index contributed by atoms with van der Waals surface area (Å²) in [7, 11) is 0. The van der Waals surface area contributed by atoms with Crippen molar-refractivity contribution in [3.63, 3.8) is 0 Å². The predicted molar refractivity (Wildman–Crippen MR) is 394 cm³/mol. The number of aliphatic hydroxyl groups is 18. The molecule has 21 N–H and O–H groups in total. The molecule has 0 aromatic carbocycles. The topological polar surface area (TPSA) is 562 Å². The summed E-state index contributed by atoms with van der Waals surface area (Å²) in [5, 5.41) is 208. The molecule has 36 nitrogen and oxygen atoms in total. The van der Waals surface area contributed by atoms with Gasteiger partial charge in [0.1, 0.15) is 146 Å². The molecule has 12 unspecified atom stereocenters. The lowest BCUT2D eigenvalue weighted by Gasteiger charge is -2.51. The molecule has 0 spiro atoms. The normalized spacial score (nSPS) is 37.2. The number of allylic oxidation sites excluding steroid dienone is 1. The second-order valence-electron chi connectivity index (χ2n) is 30.7. The Morgan fingerprint density at radius 2 is 0.679 bits per heavy atom. The fourth-order valence-electron chi connectivity index (χ4n) is 15.1. The first kappa shape index (κ1) is 97.8. The molecule has 654 valence electrons. The molecule has 0 aromatic heterocycles. The molecule has 0 radical (unpaired) electrons. The van der Waals surface area contributed by atoms with Gasteiger partial charge in [0.05, 0.1) is 58.4 Å². The van der Waals surface area contributed by atoms with Gasteiger partial charge in [0, 0.05) is 20.3 Å². The molecule has 0 bridgehead atoms. The van der Waals surface area contributed by atoms with E-state index >= 15 is 0 Å². The first-order chi connectivity index (χ1) is 53.8. The zero-order valence-corrected chi connectivity index (χ0v) is 65.6. The summed E-state index contributed by atoms with van der Waals surface area (Å²) < 4.78 is 71.0. The highest BCUT2D eigenvalue weighted by Crippen LogP contribution is 2.38. The van der Waals surface area contributed by atoms with Crippen molar-refractivity contribution in [2.24, 2.45) is 0 Å². The predicted octanol–water partition coefficient (Wildman–Crippen LogP) is -2.42. The molecule has 3 amide bonds. The van der Waals surface area contributed by atoms with Gasteiger partial charge in [-0.2, -0.15) is 0 Å². The van der Waals surface area contributed by atoms with Crippen LogP contribution < -0.4 is 16.0 Å². The number of carbonyl (C=O) groups is 3. The van der Waals surface area contributed by atoms with E-state index in [1.54, 1.807) is 6.08 Å². The third kappa shape index (κ3) is 29.4. The zero-order chi connectivity index (χ0) is 82.0. The maximum absolute atomic E-state index is 13.5. The van der Waals surface area contributed by atoms with E-state index in [1.807, 2.05) is 6.08 Å². The number of carbonyl (C=O) groups excluding carboxylic acids is 3. The number of ether oxygens (including phenoxy) is 12. The number of unbranched alkanes of at least 4 members (excludes halogenated alkanes) is 25. The molecule has 6 aliphatic heterocycles. The molecule has 6 fully saturated rings. The zero-order valence-electron chi connectivity index (χ0n) is 65.6. The van der Waals surface area contributed by atoms with Gasteiger partial charge in [-0.15, -0.1) is 0 Å². The molecule has 0 aliphatic carbocycles. The molecule has 0 aromatic rings. The first-order valence-corrected chi connectivity index (χ1v) is 41.0. The van der Waals surface area contributed by atoms with E-state index in [2.05, 4.69) is 29.8 Å². The van der Waals surface area contributed by atoms with Crippen LogP contribution in [0.25, 0.3) is 0 Å². The Morgan fingerprint density at radius 1 is 0.348 bits per heavy atom. The number of nitrogens with one attached hydrogen (secondary N) is 3. The van der Waals surface area contributed by atoms with Gasteiger partial charge in [0.15, 0.2) is 37.7 Å². The van der Waals surface area contributed by atoms with Gasteiger partial charge in [-0.25, -0.2) is 0 Å². The highest BCUT2D eigenvalue weighted by molar-refractivity contribution is 5.76. The van der Waals surface area contributed by atoms with Crippen LogP contribution in [0.2, 0.25) is 0 Å². The van der Waals surface area contributed by atoms with Crippen LogP contribution in [0, 0.1) is 0 Å². The molecule has 36 heteroatoms. The SMILES string of the molecule is CCCCCCCCCCCCC/C=C/[C@@H](O)[C@H](CO[C@@H]1OC(CO)[C@@H](O[C@@H]2OC(CO)[C@H](O)[C@H](O[C@@H]3OC(CO)[C@@H](O[C@@H]4OC(CO)[C@H](O)[C@H](O[C@@H]5OC(CO)[C@@H](O)[C@H](O[C@@H]6OC(CO)[C@H](O)[C@H](O)C6O)C5NC(C)=O)C4O)[C@H](O)C3NC(C)=O)C2O)[C@H](O)C1O)NC(=O)CCCCCCCCCCCCCCCCC. The Kier molecular flexibility index (Phi) is 45.5. The number of hydrogen-bond acceptors (Lipinski definition) is 33. The van der Waals surface area contributed by atoms with Crippen molar-refractivity contribution in [3.8, 4) is 0 Å². The maximum atomic E-state index is 13.5. The van der Waals surface area contributed by atoms with E-state index < -0.39 is 254 Å². The highest BCUT2D eigenvalue weighted by atomic mass is 16.8. The second-order valence-corrected chi connectivity index (χ2v) is 30.7. The quantitative estimate of drug-likeness (QED) is 0.0222. The van der Waals surface area contributed by atoms with E-state index in [0.717, 1.165) is 65.2 Å². The average Bonchev–Trinajstić information content (AvgIpc) is 0.771. The van der Waals surface area contributed by atoms with Crippen molar-refractivity contribution in [1.82, 2.24) is 16.0 Å². The molecule has 112 heavy (non-hydrogen) atoms. The van der Waals surface area contributed by atoms with Gasteiger partial charge in [0.2, 0.25) is 17.7 Å². The van der Waals surface area contributed by atoms with Crippen molar-refractivity contribution in [3.05, 3.63) is 12.2 Å². The lowest BCUT2D eigenvalue weighted by molar-refractivity contribution is -0.387. The minimum Gasteiger partial charge on any atom is -0.394 e. The number of rotatable bonds is 52. The van der Waals surface area contributed by atoms with Crippen LogP contribution in [0.4, 0.5) is 0 Å². The average molecular weight is 1620 g/mol. The summed E-state index contributed by atoms with van der Waals surface area (Å²) >= 11 is 0. The van der Waals surface area contributed by atoms with Crippen molar-refractivity contribution >= 4 is 17.7 Å². The number of aliphatic hydroxyl groups excluding tert-OH is 18. The Morgan fingerprint density at radius 3 is 1.12 bits per heavy atom. The third-order valence-corrected chi connectivity index (χ3v) is 21.7. The molecular weight excluding hydrogens is 1480 g/mol. The molecule has 0 saturated carbocycles. The van der Waals surface area contributed by atoms with Crippen LogP contribution in [-0.2, 0) is 71.2 Å². The summed E-state index contributed by atoms with van der Waals surface area (Å²) in [6, 6.07) is -4.66. The van der Waals surface area contributed by atoms with Gasteiger partial charge in [-0.05, 0) is 19.3 Å². The van der Waals surface area contributed by atoms with Gasteiger partial charge in [0.25, 0.3) is 0 Å². The largest absolute Gasteiger partial charge is 0.394 e. The van der Waals surface area contributed by atoms with Crippen molar-refractivity contribution in [1.29, 1.82) is 0 Å². The summed E-state index contributed by atoms with van der Waals surface area (Å²) in [6.45, 7) is 0.0345. The molecule has 6 rings (SSSR count). The highest BCUT2D eigenvalue weighted by Gasteiger charge is 2.59. The standard InChI is InChI=1S/C76H137N3O33/c1-5-7-9-11-13-15-17-19-20-22-24-26-28-30-32-34-52(89)79-44(45(88)33-31-29-27-25-23-21-18-16-14-12-10-8-6-2)41-101-73-63(98)61(96)67(51(40-85)107-73)109-76-64(99)69(57(92)48(37-82)105-76)111-71-53(77-42(3)86)59(94)66(50(39-84)106-71)108-75-65(100)70(58(93)49(38-83)104-75)112-72-54(78-43(4)87)68(56(91)47(36-81)102-72)110-74-62(97)60(95)55(90)46(35-80)103-74/h31,33,44-51,53-76,80-85,88,90-100H,5-30,32,34-41H2,1-4H3,(H,77,86)(H,78,87)(H,79,89)/b33-31+/t44-,45+,46?,47?,48?,49?,50?,51?,53?,54?,55-,56+,57-,58-,59+,60-,61+,62?,63?,64?,65?,66+,67+,68+,69-,70-,71-,72-,73+,74-,75-,76-/m0/s1. The van der Waals surface area contributed by atoms with Crippen LogP contribution in [0.5, 0.6) is 0 Å². The van der Waals surface area contributed by atoms with E-state index in [9.17, 15) is 106 Å². The molecule has 6 aliphatic rings. The van der Waals surface area contributed by atoms with Crippen LogP contribution in [0.3, 0.4) is 0 Å². The summed E-state index contributed by atoms with van der Waals surface area (Å²) in [5.41, 5.74) is 0. The molecule has 6 saturated heterocycles. The van der Waals surface area contributed by atoms with Gasteiger partial charge in [-0.3, -0.25) is 14.4 Å². The summed E-state index contributed by atoms with van der Waals surface area (Å²) in [6.07, 6.45) is -20.9. The van der Waals surface area contributed by atoms with E-state index in [0.29, 0.717) is 12.8 Å². The fraction of sp³-hybridized carbons (Fsp3) is 0.934. The summed E-state index contributed by atoms with van der Waals surface area (Å²) in [4.78, 5) is 39.3. The molecular formula is C76H137N3O33. The van der Waals surface area contributed by atoms with E-state index in [-0.39, 0.29) is 12.3 Å². The minimum absolute atomic E-state index is 0.175. The van der Waals surface area contributed by atoms with Crippen molar-refractivity contribution in [2.45, 2.75) is 404 Å². The smallest absolute Gasteiger partial charge is 0.220 e. The second kappa shape index (κ2) is 52.1. The van der Waals surface area contributed by atoms with Gasteiger partial charge in [-0.1, -0.05) is 180 Å². The Labute approximate surface area is 656 Å². The lowest BCUT2D eigenvalue weighted by atomic mass is 9.93. The minimum atomic E-state index is -2.26. The Balaban J connectivity index is 1.10. The van der Waals surface area contributed by atoms with Crippen LogP contribution in [-0.4, -0.2) is 352 Å². The number of hydrogen-bond donors (Lipinski definition) is 21. The van der Waals surface area contributed by atoms with Gasteiger partial charge >= 0.3 is 0 Å². The molecule has 32 atom stereocenters. The van der Waals surface area contributed by atoms with Crippen LogP contribution in [0.1, 0.15) is 207 Å². The lowest BCUT2D eigenvalue weighted by Crippen LogP contribution is -2.71. The monoisotopic (exact) mass is 1620 g/mol. The fourth-order valence-corrected chi connectivity index (χ4v) is 15.1. The van der Waals surface area contributed by atoms with Crippen LogP contribution >= 0.6 is 0 Å².